The molecule has 0 N–H and O–H groups in total. The van der Waals surface area contributed by atoms with Gasteiger partial charge in [-0.1, -0.05) is 30.3 Å². The molecule has 142 valence electrons. The molecule has 2 saturated heterocycles. The van der Waals surface area contributed by atoms with Crippen LogP contribution in [0.25, 0.3) is 4.85 Å². The van der Waals surface area contributed by atoms with Gasteiger partial charge in [0.25, 0.3) is 0 Å². The van der Waals surface area contributed by atoms with Crippen LogP contribution in [0.3, 0.4) is 0 Å². The van der Waals surface area contributed by atoms with Gasteiger partial charge < -0.3 is 9.47 Å². The molecule has 0 aromatic heterocycles. The van der Waals surface area contributed by atoms with Crippen molar-refractivity contribution in [3.8, 4) is 0 Å². The van der Waals surface area contributed by atoms with Crippen LogP contribution in [0.1, 0.15) is 25.8 Å². The number of carbonyl (C=O) groups excluding carboxylic acids is 3. The topological polar surface area (TPSA) is 77.3 Å². The summed E-state index contributed by atoms with van der Waals surface area (Å²) in [6, 6.07) is 8.46. The number of thioether (sulfide) groups is 1. The highest BCUT2D eigenvalue weighted by atomic mass is 32.2. The lowest BCUT2D eigenvalue weighted by Crippen LogP contribution is -2.72. The van der Waals surface area contributed by atoms with Crippen molar-refractivity contribution >= 4 is 29.6 Å². The number of β-lactam (4-membered cyclic amide) rings is 1. The summed E-state index contributed by atoms with van der Waals surface area (Å²) in [7, 11) is 1.22. The second-order valence-electron chi connectivity index (χ2n) is 7.07. The van der Waals surface area contributed by atoms with E-state index in [-0.39, 0.29) is 13.0 Å². The molecule has 0 aliphatic carbocycles. The van der Waals surface area contributed by atoms with Crippen molar-refractivity contribution in [2.24, 2.45) is 0 Å². The second kappa shape index (κ2) is 6.89. The molecule has 27 heavy (non-hydrogen) atoms. The Kier molecular flexibility index (Phi) is 4.91. The maximum absolute atomic E-state index is 12.8. The number of ether oxygens (including phenoxy) is 2. The maximum atomic E-state index is 12.8. The van der Waals surface area contributed by atoms with E-state index in [0.29, 0.717) is 0 Å². The molecule has 7 nitrogen and oxygen atoms in total. The first-order chi connectivity index (χ1) is 12.8. The first-order valence-corrected chi connectivity index (χ1v) is 9.31. The van der Waals surface area contributed by atoms with Crippen molar-refractivity contribution in [3.05, 3.63) is 47.3 Å². The molecule has 0 bridgehead atoms. The molecule has 1 aromatic carbocycles. The van der Waals surface area contributed by atoms with Crippen molar-refractivity contribution in [1.82, 2.24) is 4.90 Å². The lowest BCUT2D eigenvalue weighted by atomic mass is 9.82. The lowest BCUT2D eigenvalue weighted by Gasteiger charge is -2.44. The standard InChI is InChI=1S/C19H20N2O5S/c1-18(2)14(15(23)26-11-12-8-6-5-7-9-12)21-16(24)19(20-3,17(21)27-18)10-13(22)25-4/h5-9,14,17H,10-11H2,1-2,4H3/t14-,17+,19?/m0/s1. The minimum atomic E-state index is -1.51. The number of amides is 1. The SMILES string of the molecule is [C-]#[N+]C1(CC(=O)OC)C(=O)N2[C@@H](C(=O)OCc3ccccc3)C(C)(C)S[C@@H]21. The summed E-state index contributed by atoms with van der Waals surface area (Å²) in [6.07, 6.45) is -0.318. The Balaban J connectivity index is 1.78. The lowest BCUT2D eigenvalue weighted by molar-refractivity contribution is -0.169. The highest BCUT2D eigenvalue weighted by Gasteiger charge is 2.77. The molecule has 1 aromatic rings. The van der Waals surface area contributed by atoms with Crippen molar-refractivity contribution in [2.75, 3.05) is 7.11 Å². The van der Waals surface area contributed by atoms with Gasteiger partial charge in [0.15, 0.2) is 5.37 Å². The van der Waals surface area contributed by atoms with E-state index in [4.69, 9.17) is 11.3 Å². The Bertz CT molecular complexity index is 819. The van der Waals surface area contributed by atoms with Gasteiger partial charge in [0.2, 0.25) is 0 Å². The van der Waals surface area contributed by atoms with Gasteiger partial charge in [-0.3, -0.25) is 19.3 Å². The highest BCUT2D eigenvalue weighted by molar-refractivity contribution is 8.01. The van der Waals surface area contributed by atoms with Crippen LogP contribution in [0.4, 0.5) is 0 Å². The van der Waals surface area contributed by atoms with Gasteiger partial charge in [-0.2, -0.15) is 0 Å². The predicted octanol–water partition coefficient (Wildman–Crippen LogP) is 2.01. The van der Waals surface area contributed by atoms with Crippen LogP contribution in [-0.4, -0.2) is 51.6 Å². The van der Waals surface area contributed by atoms with Crippen LogP contribution >= 0.6 is 11.8 Å². The molecule has 3 atom stereocenters. The molecule has 1 amide bonds. The van der Waals surface area contributed by atoms with Gasteiger partial charge in [0, 0.05) is 4.75 Å². The van der Waals surface area contributed by atoms with Gasteiger partial charge in [0.1, 0.15) is 19.1 Å². The van der Waals surface area contributed by atoms with Gasteiger partial charge in [0.05, 0.1) is 7.11 Å². The first kappa shape index (κ1) is 19.2. The maximum Gasteiger partial charge on any atom is 0.348 e. The average Bonchev–Trinajstić information content (AvgIpc) is 2.93. The molecule has 2 aliphatic rings. The average molecular weight is 388 g/mol. The zero-order chi connectivity index (χ0) is 19.8. The summed E-state index contributed by atoms with van der Waals surface area (Å²) in [4.78, 5) is 42.1. The minimum Gasteiger partial charge on any atom is -0.469 e. The number of hydrogen-bond donors (Lipinski definition) is 0. The quantitative estimate of drug-likeness (QED) is 0.436. The molecule has 2 heterocycles. The summed E-state index contributed by atoms with van der Waals surface area (Å²) in [5.74, 6) is -1.65. The third-order valence-electron chi connectivity index (χ3n) is 4.91. The summed E-state index contributed by atoms with van der Waals surface area (Å²) in [6.45, 7) is 11.3. The number of esters is 2. The third kappa shape index (κ3) is 3.06. The molecule has 3 rings (SSSR count). The molecule has 2 fully saturated rings. The summed E-state index contributed by atoms with van der Waals surface area (Å²) in [5, 5.41) is -0.578. The monoisotopic (exact) mass is 388 g/mol. The van der Waals surface area contributed by atoms with Crippen LogP contribution < -0.4 is 0 Å². The van der Waals surface area contributed by atoms with E-state index in [0.717, 1.165) is 5.56 Å². The number of fused-ring (bicyclic) bond motifs is 1. The number of nitrogens with zero attached hydrogens (tertiary/aromatic N) is 2. The van der Waals surface area contributed by atoms with Crippen LogP contribution in [-0.2, 0) is 30.5 Å². The van der Waals surface area contributed by atoms with E-state index in [1.54, 1.807) is 0 Å². The van der Waals surface area contributed by atoms with Crippen molar-refractivity contribution in [1.29, 1.82) is 0 Å². The Labute approximate surface area is 161 Å². The Hall–Kier alpha value is -2.53. The smallest absolute Gasteiger partial charge is 0.348 e. The fourth-order valence-electron chi connectivity index (χ4n) is 3.50. The van der Waals surface area contributed by atoms with Gasteiger partial charge in [-0.05, 0) is 19.4 Å². The van der Waals surface area contributed by atoms with E-state index in [9.17, 15) is 14.4 Å². The van der Waals surface area contributed by atoms with Gasteiger partial charge in [-0.25, -0.2) is 11.4 Å². The zero-order valence-electron chi connectivity index (χ0n) is 15.3. The highest BCUT2D eigenvalue weighted by Crippen LogP contribution is 2.57. The molecule has 0 spiro atoms. The third-order valence-corrected chi connectivity index (χ3v) is 6.58. The number of benzene rings is 1. The summed E-state index contributed by atoms with van der Waals surface area (Å²) >= 11 is 1.35. The van der Waals surface area contributed by atoms with Gasteiger partial charge >= 0.3 is 23.4 Å². The van der Waals surface area contributed by atoms with Crippen LogP contribution in [0.2, 0.25) is 0 Å². The van der Waals surface area contributed by atoms with E-state index in [1.165, 1.54) is 23.8 Å². The first-order valence-electron chi connectivity index (χ1n) is 8.43. The zero-order valence-corrected chi connectivity index (χ0v) is 16.1. The largest absolute Gasteiger partial charge is 0.469 e. The molecular formula is C19H20N2O5S. The van der Waals surface area contributed by atoms with E-state index in [2.05, 4.69) is 9.58 Å². The van der Waals surface area contributed by atoms with Crippen LogP contribution in [0, 0.1) is 6.57 Å². The molecule has 0 saturated carbocycles. The predicted molar refractivity (Wildman–Crippen MR) is 98.3 cm³/mol. The van der Waals surface area contributed by atoms with Gasteiger partial charge in [-0.15, -0.1) is 11.8 Å². The number of rotatable bonds is 5. The Morgan fingerprint density at radius 2 is 1.96 bits per heavy atom. The Morgan fingerprint density at radius 3 is 2.56 bits per heavy atom. The van der Waals surface area contributed by atoms with E-state index in [1.807, 2.05) is 44.2 Å². The summed E-state index contributed by atoms with van der Waals surface area (Å²) in [5.41, 5.74) is -0.661. The fourth-order valence-corrected chi connectivity index (χ4v) is 5.17. The molecule has 0 radical (unpaired) electrons. The molecule has 1 unspecified atom stereocenters. The second-order valence-corrected chi connectivity index (χ2v) is 8.81. The normalized spacial score (nSPS) is 27.9. The molecule has 8 heteroatoms. The number of hydrogen-bond acceptors (Lipinski definition) is 6. The van der Waals surface area contributed by atoms with Crippen molar-refractivity contribution in [3.63, 3.8) is 0 Å². The summed E-state index contributed by atoms with van der Waals surface area (Å²) < 4.78 is 9.44. The van der Waals surface area contributed by atoms with Crippen LogP contribution in [0.15, 0.2) is 30.3 Å². The van der Waals surface area contributed by atoms with Crippen LogP contribution in [0.5, 0.6) is 0 Å². The fraction of sp³-hybridized carbons (Fsp3) is 0.474. The Morgan fingerprint density at radius 1 is 1.30 bits per heavy atom. The van der Waals surface area contributed by atoms with E-state index < -0.39 is 39.5 Å². The number of methoxy groups -OCH3 is 1. The molecular weight excluding hydrogens is 368 g/mol. The molecule has 2 aliphatic heterocycles. The van der Waals surface area contributed by atoms with Crippen molar-refractivity contribution in [2.45, 2.75) is 48.6 Å². The minimum absolute atomic E-state index is 0.111. The van der Waals surface area contributed by atoms with E-state index >= 15 is 0 Å². The van der Waals surface area contributed by atoms with Crippen molar-refractivity contribution < 1.29 is 23.9 Å². The number of carbonyl (C=O) groups is 3.